The van der Waals surface area contributed by atoms with E-state index in [1.54, 1.807) is 37.3 Å². The molecule has 0 amide bonds. The monoisotopic (exact) mass is 244 g/mol. The fourth-order valence-corrected chi connectivity index (χ4v) is 0.809. The van der Waals surface area contributed by atoms with E-state index in [0.717, 1.165) is 0 Å². The number of hydrogen-bond acceptors (Lipinski definition) is 3. The van der Waals surface area contributed by atoms with E-state index < -0.39 is 11.9 Å². The zero-order valence-electron chi connectivity index (χ0n) is 12.0. The van der Waals surface area contributed by atoms with Crippen LogP contribution in [-0.2, 0) is 9.53 Å². The summed E-state index contributed by atoms with van der Waals surface area (Å²) in [6.45, 7) is 1.64. The molecule has 0 aliphatic rings. The molecule has 0 saturated carbocycles. The maximum absolute atomic E-state index is 11.2. The van der Waals surface area contributed by atoms with Crippen LogP contribution in [0.1, 0.15) is 28.0 Å². The van der Waals surface area contributed by atoms with Crippen molar-refractivity contribution < 1.29 is 48.2 Å². The van der Waals surface area contributed by atoms with Crippen LogP contribution in [0.5, 0.6) is 0 Å². The largest absolute Gasteiger partial charge is 2.00 e. The number of benzene rings is 1. The normalized spacial score (nSPS) is 8.07. The van der Waals surface area contributed by atoms with Crippen LogP contribution in [0.3, 0.4) is 0 Å². The van der Waals surface area contributed by atoms with Gasteiger partial charge in [0, 0.05) is 6.42 Å². The fraction of sp³-hybridized carbons (Fsp3) is 0.200. The first-order chi connectivity index (χ1) is 6.24. The molecule has 1 rings (SSSR count). The van der Waals surface area contributed by atoms with Gasteiger partial charge in [0.25, 0.3) is 0 Å². The second kappa shape index (κ2) is 9.82. The summed E-state index contributed by atoms with van der Waals surface area (Å²) in [5, 5.41) is 0. The molecule has 5 heteroatoms. The van der Waals surface area contributed by atoms with E-state index in [4.69, 9.17) is 0 Å². The van der Waals surface area contributed by atoms with Crippen molar-refractivity contribution in [3.05, 3.63) is 35.9 Å². The van der Waals surface area contributed by atoms with Crippen LogP contribution >= 0.6 is 0 Å². The van der Waals surface area contributed by atoms with Crippen LogP contribution in [0.25, 0.3) is 0 Å². The summed E-state index contributed by atoms with van der Waals surface area (Å²) >= 11 is 0. The van der Waals surface area contributed by atoms with E-state index in [1.165, 1.54) is 0 Å². The minimum Gasteiger partial charge on any atom is -1.00 e. The molecule has 0 aliphatic carbocycles. The number of carbonyl (C=O) groups excluding carboxylic acids is 2. The molecule has 0 atom stereocenters. The zero-order valence-corrected chi connectivity index (χ0v) is 13.2. The molecule has 0 fully saturated rings. The van der Waals surface area contributed by atoms with Crippen molar-refractivity contribution in [1.82, 2.24) is 0 Å². The van der Waals surface area contributed by atoms with Crippen LogP contribution in [-0.4, -0.2) is 49.7 Å². The van der Waals surface area contributed by atoms with Crippen LogP contribution in [0.15, 0.2) is 30.3 Å². The molecule has 0 bridgehead atoms. The van der Waals surface area contributed by atoms with E-state index in [0.29, 0.717) is 5.56 Å². The van der Waals surface area contributed by atoms with E-state index in [9.17, 15) is 9.59 Å². The van der Waals surface area contributed by atoms with Gasteiger partial charge in [0.15, 0.2) is 0 Å². The van der Waals surface area contributed by atoms with Crippen LogP contribution in [0.4, 0.5) is 0 Å². The molecule has 3 nitrogen and oxygen atoms in total. The van der Waals surface area contributed by atoms with Gasteiger partial charge in [0.2, 0.25) is 0 Å². The van der Waals surface area contributed by atoms with Gasteiger partial charge >= 0.3 is 79.2 Å². The average Bonchev–Trinajstić information content (AvgIpc) is 2.19. The van der Waals surface area contributed by atoms with E-state index in [1.807, 2.05) is 0 Å². The molecule has 0 N–H and O–H groups in total. The summed E-state index contributed by atoms with van der Waals surface area (Å²) in [5.41, 5.74) is 0.393. The van der Waals surface area contributed by atoms with Gasteiger partial charge in [-0.3, -0.25) is 4.79 Å². The number of esters is 2. The Bertz CT molecular complexity index is 325. The summed E-state index contributed by atoms with van der Waals surface area (Å²) in [6.07, 6.45) is 0.207. The smallest absolute Gasteiger partial charge is 1.00 e. The second-order valence-corrected chi connectivity index (χ2v) is 2.48. The Labute approximate surface area is 145 Å². The van der Waals surface area contributed by atoms with Gasteiger partial charge in [0.05, 0.1) is 5.56 Å². The van der Waals surface area contributed by atoms with Crippen molar-refractivity contribution in [3.8, 4) is 0 Å². The maximum Gasteiger partial charge on any atom is 2.00 e. The molecule has 1 aromatic carbocycles. The Morgan fingerprint density at radius 1 is 1.27 bits per heavy atom. The summed E-state index contributed by atoms with van der Waals surface area (Å²) < 4.78 is 4.51. The zero-order chi connectivity index (χ0) is 9.68. The molecule has 0 radical (unpaired) electrons. The van der Waals surface area contributed by atoms with Gasteiger partial charge in [-0.15, -0.1) is 0 Å². The Balaban J connectivity index is -0.000000113. The molecule has 1 aromatic rings. The average molecular weight is 244 g/mol. The van der Waals surface area contributed by atoms with Gasteiger partial charge in [0.1, 0.15) is 0 Å². The Hall–Kier alpha value is 0.620. The number of rotatable bonds is 2. The van der Waals surface area contributed by atoms with Crippen molar-refractivity contribution in [2.24, 2.45) is 0 Å². The van der Waals surface area contributed by atoms with Gasteiger partial charge in [-0.2, -0.15) is 0 Å². The van der Waals surface area contributed by atoms with Crippen molar-refractivity contribution in [2.75, 3.05) is 0 Å². The summed E-state index contributed by atoms with van der Waals surface area (Å²) in [4.78, 5) is 21.9. The summed E-state index contributed by atoms with van der Waals surface area (Å²) in [7, 11) is 0. The molecule has 0 aromatic heterocycles. The maximum atomic E-state index is 11.2. The van der Waals surface area contributed by atoms with Crippen molar-refractivity contribution in [3.63, 3.8) is 0 Å². The Kier molecular flexibility index (Phi) is 11.8. The van der Waals surface area contributed by atoms with E-state index >= 15 is 0 Å². The third-order valence-corrected chi connectivity index (χ3v) is 1.50. The first-order valence-electron chi connectivity index (χ1n) is 4.04. The molecular formula is C10H13CaNaO3. The third kappa shape index (κ3) is 6.72. The Morgan fingerprint density at radius 2 is 1.80 bits per heavy atom. The molecule has 0 spiro atoms. The van der Waals surface area contributed by atoms with Crippen LogP contribution in [0, 0.1) is 0 Å². The third-order valence-electron chi connectivity index (χ3n) is 1.50. The first kappa shape index (κ1) is 18.0. The molecular weight excluding hydrogens is 231 g/mol. The topological polar surface area (TPSA) is 43.4 Å². The summed E-state index contributed by atoms with van der Waals surface area (Å²) in [5.74, 6) is -1.10. The van der Waals surface area contributed by atoms with E-state index in [2.05, 4.69) is 4.74 Å². The standard InChI is InChI=1S/C10H10O3.Ca.Na.3H/c1-2-9(11)13-10(12)8-6-4-3-5-7-8;;;;;/h3-7H,2H2,1H3;;;;;/q;+2;+1;3*-1. The van der Waals surface area contributed by atoms with E-state index in [-0.39, 0.29) is 78.0 Å². The molecule has 15 heavy (non-hydrogen) atoms. The molecule has 0 saturated heterocycles. The quantitative estimate of drug-likeness (QED) is 0.370. The molecule has 0 heterocycles. The predicted octanol–water partition coefficient (Wildman–Crippen LogP) is -1.26. The van der Waals surface area contributed by atoms with Gasteiger partial charge in [-0.05, 0) is 12.1 Å². The minimum atomic E-state index is -0.590. The summed E-state index contributed by atoms with van der Waals surface area (Å²) in [6, 6.07) is 8.43. The van der Waals surface area contributed by atoms with Crippen LogP contribution < -0.4 is 29.6 Å². The molecule has 0 unspecified atom stereocenters. The number of hydrogen-bond donors (Lipinski definition) is 0. The van der Waals surface area contributed by atoms with Crippen molar-refractivity contribution in [1.29, 1.82) is 0 Å². The molecule has 0 aliphatic heterocycles. The van der Waals surface area contributed by atoms with Gasteiger partial charge in [-0.25, -0.2) is 4.79 Å². The molecule has 74 valence electrons. The first-order valence-corrected chi connectivity index (χ1v) is 4.04. The number of ether oxygens (including phenoxy) is 1. The van der Waals surface area contributed by atoms with Crippen LogP contribution in [0.2, 0.25) is 0 Å². The van der Waals surface area contributed by atoms with Crippen molar-refractivity contribution >= 4 is 49.7 Å². The SMILES string of the molecule is CCC(=O)OC(=O)c1ccccc1.[Ca+2].[H-].[H-].[H-].[Na+]. The van der Waals surface area contributed by atoms with Gasteiger partial charge < -0.3 is 9.02 Å². The van der Waals surface area contributed by atoms with Gasteiger partial charge in [-0.1, -0.05) is 25.1 Å². The fourth-order valence-electron chi connectivity index (χ4n) is 0.809. The number of carbonyl (C=O) groups is 2. The second-order valence-electron chi connectivity index (χ2n) is 2.48. The predicted molar refractivity (Wildman–Crippen MR) is 56.2 cm³/mol. The minimum absolute atomic E-state index is 0. The van der Waals surface area contributed by atoms with Crippen molar-refractivity contribution in [2.45, 2.75) is 13.3 Å². The Morgan fingerprint density at radius 3 is 2.27 bits per heavy atom.